The molecular weight excluding hydrogens is 419 g/mol. The first-order valence-corrected chi connectivity index (χ1v) is 11.5. The number of anilines is 3. The van der Waals surface area contributed by atoms with Crippen LogP contribution in [-0.2, 0) is 7.97 Å². The van der Waals surface area contributed by atoms with Crippen LogP contribution in [-0.4, -0.2) is 10.3 Å². The molecule has 2 rings (SSSR count). The maximum absolute atomic E-state index is 12.1. The summed E-state index contributed by atoms with van der Waals surface area (Å²) in [6, 6.07) is 16.3. The van der Waals surface area contributed by atoms with E-state index in [2.05, 4.69) is 31.4 Å². The number of rotatable bonds is 7. The van der Waals surface area contributed by atoms with Gasteiger partial charge in [-0.1, -0.05) is 32.0 Å². The zero-order chi connectivity index (χ0) is 16.8. The van der Waals surface area contributed by atoms with E-state index in [1.807, 2.05) is 69.7 Å². The maximum Gasteiger partial charge on any atom is 0.118 e. The molecule has 2 aromatic rings. The van der Waals surface area contributed by atoms with Crippen LogP contribution in [0, 0.1) is 5.92 Å². The Bertz CT molecular complexity index is 661. The number of hydrogen-bond donors (Lipinski definition) is 2. The monoisotopic (exact) mass is 442 g/mol. The highest BCUT2D eigenvalue weighted by Gasteiger charge is 2.12. The van der Waals surface area contributed by atoms with Gasteiger partial charge in [0, 0.05) is 38.6 Å². The normalized spacial score (nSPS) is 13.6. The van der Waals surface area contributed by atoms with E-state index in [-0.39, 0.29) is 0 Å². The summed E-state index contributed by atoms with van der Waals surface area (Å²) in [5.41, 5.74) is 2.91. The van der Waals surface area contributed by atoms with Gasteiger partial charge >= 0.3 is 0 Å². The summed E-state index contributed by atoms with van der Waals surface area (Å²) in [7, 11) is -1.07. The smallest absolute Gasteiger partial charge is 0.118 e. The van der Waals surface area contributed by atoms with Gasteiger partial charge in [-0.2, -0.15) is 0 Å². The van der Waals surface area contributed by atoms with Crippen molar-refractivity contribution < 1.29 is 4.21 Å². The van der Waals surface area contributed by atoms with E-state index in [1.165, 1.54) is 0 Å². The second-order valence-electron chi connectivity index (χ2n) is 6.10. The molecule has 2 aromatic carbocycles. The SMILES string of the molecule is CC(C)CC(C)Nc1ccc(Nc2ccccc2)cc1S(=O)I. The molecular formula is C18H23IN2OS. The quantitative estimate of drug-likeness (QED) is 0.425. The predicted octanol–water partition coefficient (Wildman–Crippen LogP) is 5.73. The second kappa shape index (κ2) is 8.68. The van der Waals surface area contributed by atoms with Crippen LogP contribution >= 0.6 is 21.2 Å². The van der Waals surface area contributed by atoms with Crippen molar-refractivity contribution in [1.29, 1.82) is 0 Å². The van der Waals surface area contributed by atoms with Crippen molar-refractivity contribution in [2.24, 2.45) is 5.92 Å². The van der Waals surface area contributed by atoms with Crippen molar-refractivity contribution in [2.45, 2.75) is 38.1 Å². The van der Waals surface area contributed by atoms with Crippen molar-refractivity contribution in [3.63, 3.8) is 0 Å². The Morgan fingerprint density at radius 2 is 1.74 bits per heavy atom. The lowest BCUT2D eigenvalue weighted by Crippen LogP contribution is -2.18. The van der Waals surface area contributed by atoms with Gasteiger partial charge < -0.3 is 10.6 Å². The first kappa shape index (κ1) is 18.3. The molecule has 0 saturated carbocycles. The number of hydrogen-bond acceptors (Lipinski definition) is 3. The summed E-state index contributed by atoms with van der Waals surface area (Å²) in [4.78, 5) is 0.821. The molecule has 0 spiro atoms. The molecule has 0 heterocycles. The van der Waals surface area contributed by atoms with Gasteiger partial charge in [-0.15, -0.1) is 0 Å². The van der Waals surface area contributed by atoms with Gasteiger partial charge in [0.2, 0.25) is 0 Å². The van der Waals surface area contributed by atoms with E-state index in [9.17, 15) is 4.21 Å². The van der Waals surface area contributed by atoms with Gasteiger partial charge in [-0.25, -0.2) is 4.21 Å². The molecule has 0 aromatic heterocycles. The van der Waals surface area contributed by atoms with Crippen LogP contribution in [0.15, 0.2) is 53.4 Å². The third kappa shape index (κ3) is 5.80. The van der Waals surface area contributed by atoms with Crippen molar-refractivity contribution in [3.8, 4) is 0 Å². The largest absolute Gasteiger partial charge is 0.382 e. The number of benzene rings is 2. The van der Waals surface area contributed by atoms with Crippen molar-refractivity contribution in [3.05, 3.63) is 48.5 Å². The summed E-state index contributed by atoms with van der Waals surface area (Å²) in [5.74, 6) is 0.630. The van der Waals surface area contributed by atoms with E-state index >= 15 is 0 Å². The van der Waals surface area contributed by atoms with Crippen LogP contribution in [0.25, 0.3) is 0 Å². The van der Waals surface area contributed by atoms with Crippen molar-refractivity contribution >= 4 is 46.2 Å². The minimum absolute atomic E-state index is 0.349. The van der Waals surface area contributed by atoms with Gasteiger partial charge in [-0.3, -0.25) is 0 Å². The third-order valence-electron chi connectivity index (χ3n) is 3.44. The van der Waals surface area contributed by atoms with E-state index < -0.39 is 7.97 Å². The highest BCUT2D eigenvalue weighted by Crippen LogP contribution is 2.29. The van der Waals surface area contributed by atoms with Crippen LogP contribution in [0.4, 0.5) is 17.1 Å². The molecule has 0 bridgehead atoms. The Hall–Kier alpha value is -1.08. The molecule has 0 aliphatic carbocycles. The fourth-order valence-electron chi connectivity index (χ4n) is 2.57. The number of nitrogens with one attached hydrogen (secondary N) is 2. The van der Waals surface area contributed by atoms with Crippen LogP contribution in [0.3, 0.4) is 0 Å². The standard InChI is InChI=1S/C18H23IN2OS/c1-13(2)11-14(3)20-17-10-9-16(12-18(17)23(19)22)21-15-7-5-4-6-8-15/h4-10,12-14,20-21H,11H2,1-3H3. The molecule has 0 aliphatic heterocycles. The fraction of sp³-hybridized carbons (Fsp3) is 0.333. The highest BCUT2D eigenvalue weighted by molar-refractivity contribution is 14.2. The minimum Gasteiger partial charge on any atom is -0.382 e. The first-order valence-electron chi connectivity index (χ1n) is 7.76. The summed E-state index contributed by atoms with van der Waals surface area (Å²) in [5, 5.41) is 6.83. The average molecular weight is 442 g/mol. The van der Waals surface area contributed by atoms with E-state index in [0.717, 1.165) is 28.4 Å². The predicted molar refractivity (Wildman–Crippen MR) is 109 cm³/mol. The zero-order valence-electron chi connectivity index (χ0n) is 13.7. The lowest BCUT2D eigenvalue weighted by atomic mass is 10.1. The molecule has 2 N–H and O–H groups in total. The third-order valence-corrected chi connectivity index (χ3v) is 5.55. The molecule has 3 nitrogen and oxygen atoms in total. The van der Waals surface area contributed by atoms with Crippen LogP contribution in [0.5, 0.6) is 0 Å². The van der Waals surface area contributed by atoms with E-state index in [1.54, 1.807) is 0 Å². The van der Waals surface area contributed by atoms with Crippen LogP contribution in [0.2, 0.25) is 0 Å². The summed E-state index contributed by atoms with van der Waals surface area (Å²) in [6.07, 6.45) is 1.08. The maximum atomic E-state index is 12.1. The molecule has 0 saturated heterocycles. The Morgan fingerprint density at radius 3 is 2.35 bits per heavy atom. The molecule has 2 unspecified atom stereocenters. The lowest BCUT2D eigenvalue weighted by Gasteiger charge is -2.19. The van der Waals surface area contributed by atoms with E-state index in [0.29, 0.717) is 12.0 Å². The number of halogens is 1. The van der Waals surface area contributed by atoms with E-state index in [4.69, 9.17) is 0 Å². The van der Waals surface area contributed by atoms with Crippen LogP contribution in [0.1, 0.15) is 27.2 Å². The summed E-state index contributed by atoms with van der Waals surface area (Å²) < 4.78 is 12.1. The highest BCUT2D eigenvalue weighted by atomic mass is 127. The zero-order valence-corrected chi connectivity index (χ0v) is 16.6. The van der Waals surface area contributed by atoms with Gasteiger partial charge in [0.1, 0.15) is 7.97 Å². The Balaban J connectivity index is 2.19. The molecule has 0 radical (unpaired) electrons. The molecule has 5 heteroatoms. The molecule has 0 fully saturated rings. The van der Waals surface area contributed by atoms with Crippen molar-refractivity contribution in [1.82, 2.24) is 0 Å². The van der Waals surface area contributed by atoms with Gasteiger partial charge in [0.15, 0.2) is 0 Å². The Labute approximate surface area is 153 Å². The van der Waals surface area contributed by atoms with Gasteiger partial charge in [-0.05, 0) is 49.6 Å². The van der Waals surface area contributed by atoms with Gasteiger partial charge in [0.05, 0.1) is 10.6 Å². The van der Waals surface area contributed by atoms with Gasteiger partial charge in [0.25, 0.3) is 0 Å². The Morgan fingerprint density at radius 1 is 1.04 bits per heavy atom. The Kier molecular flexibility index (Phi) is 6.89. The molecule has 124 valence electrons. The molecule has 23 heavy (non-hydrogen) atoms. The van der Waals surface area contributed by atoms with Crippen molar-refractivity contribution in [2.75, 3.05) is 10.6 Å². The number of para-hydroxylation sites is 1. The summed E-state index contributed by atoms with van der Waals surface area (Å²) >= 11 is 1.96. The molecule has 0 amide bonds. The fourth-order valence-corrected chi connectivity index (χ4v) is 4.18. The second-order valence-corrected chi connectivity index (χ2v) is 9.39. The average Bonchev–Trinajstić information content (AvgIpc) is 2.48. The molecule has 2 atom stereocenters. The van der Waals surface area contributed by atoms with Crippen LogP contribution < -0.4 is 10.6 Å². The lowest BCUT2D eigenvalue weighted by molar-refractivity contribution is 0.539. The topological polar surface area (TPSA) is 41.1 Å². The minimum atomic E-state index is -1.07. The first-order chi connectivity index (χ1) is 11.0. The molecule has 0 aliphatic rings. The summed E-state index contributed by atoms with van der Waals surface area (Å²) in [6.45, 7) is 6.58.